The van der Waals surface area contributed by atoms with Crippen LogP contribution >= 0.6 is 0 Å². The highest BCUT2D eigenvalue weighted by molar-refractivity contribution is 6.02. The van der Waals surface area contributed by atoms with E-state index in [9.17, 15) is 4.79 Å². The largest absolute Gasteiger partial charge is 0.394 e. The molecule has 0 saturated carbocycles. The van der Waals surface area contributed by atoms with Crippen LogP contribution in [-0.2, 0) is 11.8 Å². The quantitative estimate of drug-likeness (QED) is 0.567. The van der Waals surface area contributed by atoms with Crippen LogP contribution < -0.4 is 11.1 Å². The number of nitrogens with one attached hydrogen (secondary N) is 1. The first-order valence-corrected chi connectivity index (χ1v) is 4.42. The van der Waals surface area contributed by atoms with E-state index in [0.717, 1.165) is 5.57 Å². The second-order valence-corrected chi connectivity index (χ2v) is 3.24. The van der Waals surface area contributed by atoms with Crippen LogP contribution in [0.5, 0.6) is 0 Å². The van der Waals surface area contributed by atoms with Crippen LogP contribution in [0, 0.1) is 0 Å². The average Bonchev–Trinajstić information content (AvgIpc) is 2.50. The van der Waals surface area contributed by atoms with Gasteiger partial charge in [0.2, 0.25) is 0 Å². The van der Waals surface area contributed by atoms with Crippen LogP contribution in [0.25, 0.3) is 0 Å². The average molecular weight is 206 g/mol. The fourth-order valence-electron chi connectivity index (χ4n) is 1.02. The molecule has 0 aliphatic carbocycles. The third-order valence-electron chi connectivity index (χ3n) is 1.73. The number of aryl methyl sites for hydroxylation is 1. The molecule has 1 heterocycles. The van der Waals surface area contributed by atoms with Crippen molar-refractivity contribution >= 4 is 11.7 Å². The Labute approximate surface area is 88.3 Å². The van der Waals surface area contributed by atoms with Crippen molar-refractivity contribution in [3.8, 4) is 0 Å². The van der Waals surface area contributed by atoms with E-state index in [4.69, 9.17) is 5.73 Å². The molecule has 15 heavy (non-hydrogen) atoms. The van der Waals surface area contributed by atoms with E-state index in [1.54, 1.807) is 30.9 Å². The molecule has 0 fully saturated rings. The second kappa shape index (κ2) is 4.45. The summed E-state index contributed by atoms with van der Waals surface area (Å²) in [4.78, 5) is 11.5. The number of allylic oxidation sites excluding steroid dienone is 2. The zero-order valence-corrected chi connectivity index (χ0v) is 8.82. The predicted octanol–water partition coefficient (Wildman–Crippen LogP) is 0.777. The van der Waals surface area contributed by atoms with Gasteiger partial charge < -0.3 is 11.1 Å². The lowest BCUT2D eigenvalue weighted by atomic mass is 10.2. The molecule has 0 radical (unpaired) electrons. The number of nitrogens with zero attached hydrogens (tertiary/aromatic N) is 2. The number of nitrogens with two attached hydrogens (primary N) is 1. The van der Waals surface area contributed by atoms with Crippen molar-refractivity contribution in [1.82, 2.24) is 9.78 Å². The Morgan fingerprint density at radius 1 is 1.73 bits per heavy atom. The maximum absolute atomic E-state index is 11.5. The van der Waals surface area contributed by atoms with Crippen molar-refractivity contribution < 1.29 is 4.79 Å². The van der Waals surface area contributed by atoms with Gasteiger partial charge in [0.25, 0.3) is 5.91 Å². The minimum atomic E-state index is -0.360. The summed E-state index contributed by atoms with van der Waals surface area (Å²) in [6, 6.07) is 1.69. The molecular weight excluding hydrogens is 192 g/mol. The van der Waals surface area contributed by atoms with Gasteiger partial charge in [-0.25, -0.2) is 0 Å². The molecule has 1 rings (SSSR count). The molecule has 0 saturated heterocycles. The number of rotatable bonds is 3. The number of anilines is 1. The first-order valence-electron chi connectivity index (χ1n) is 4.42. The minimum Gasteiger partial charge on any atom is -0.394 e. The van der Waals surface area contributed by atoms with Gasteiger partial charge in [-0.15, -0.1) is 0 Å². The highest BCUT2D eigenvalue weighted by Crippen LogP contribution is 2.05. The maximum Gasteiger partial charge on any atom is 0.272 e. The van der Waals surface area contributed by atoms with Crippen molar-refractivity contribution in [2.24, 2.45) is 12.8 Å². The van der Waals surface area contributed by atoms with Crippen molar-refractivity contribution in [3.63, 3.8) is 0 Å². The summed E-state index contributed by atoms with van der Waals surface area (Å²) in [5, 5.41) is 6.54. The van der Waals surface area contributed by atoms with Crippen LogP contribution in [0.4, 0.5) is 5.82 Å². The predicted molar refractivity (Wildman–Crippen MR) is 58.9 cm³/mol. The Morgan fingerprint density at radius 3 is 2.87 bits per heavy atom. The molecule has 5 nitrogen and oxygen atoms in total. The number of carbonyl (C=O) groups is 1. The number of aromatic nitrogens is 2. The van der Waals surface area contributed by atoms with Gasteiger partial charge in [0.05, 0.1) is 11.9 Å². The molecule has 0 aliphatic rings. The maximum atomic E-state index is 11.5. The summed E-state index contributed by atoms with van der Waals surface area (Å²) in [5.74, 6) is 0.236. The highest BCUT2D eigenvalue weighted by atomic mass is 16.2. The Balaban J connectivity index is 2.72. The van der Waals surface area contributed by atoms with Gasteiger partial charge in [-0.2, -0.15) is 5.10 Å². The van der Waals surface area contributed by atoms with E-state index < -0.39 is 0 Å². The number of amides is 1. The summed E-state index contributed by atoms with van der Waals surface area (Å²) in [6.07, 6.45) is 3.11. The molecule has 80 valence electrons. The van der Waals surface area contributed by atoms with E-state index >= 15 is 0 Å². The Bertz CT molecular complexity index is 417. The SMILES string of the molecule is C=C(C)/C=C(/N)C(=O)Nc1ccnn1C. The van der Waals surface area contributed by atoms with Gasteiger partial charge in [0.1, 0.15) is 5.82 Å². The fourth-order valence-corrected chi connectivity index (χ4v) is 1.02. The first kappa shape index (κ1) is 11.0. The zero-order chi connectivity index (χ0) is 11.4. The van der Waals surface area contributed by atoms with E-state index in [1.165, 1.54) is 6.08 Å². The molecule has 0 bridgehead atoms. The Kier molecular flexibility index (Phi) is 3.28. The van der Waals surface area contributed by atoms with Gasteiger partial charge in [-0.1, -0.05) is 12.2 Å². The fraction of sp³-hybridized carbons (Fsp3) is 0.200. The lowest BCUT2D eigenvalue weighted by Gasteiger charge is -2.04. The molecule has 0 aliphatic heterocycles. The molecule has 1 aromatic rings. The minimum absolute atomic E-state index is 0.128. The van der Waals surface area contributed by atoms with Crippen LogP contribution in [-0.4, -0.2) is 15.7 Å². The molecule has 0 aromatic carbocycles. The molecular formula is C10H14N4O. The lowest BCUT2D eigenvalue weighted by Crippen LogP contribution is -2.21. The normalized spacial score (nSPS) is 11.2. The molecule has 0 atom stereocenters. The number of carbonyl (C=O) groups excluding carboxylic acids is 1. The first-order chi connectivity index (χ1) is 7.00. The van der Waals surface area contributed by atoms with Crippen molar-refractivity contribution in [2.75, 3.05) is 5.32 Å². The van der Waals surface area contributed by atoms with Gasteiger partial charge >= 0.3 is 0 Å². The second-order valence-electron chi connectivity index (χ2n) is 3.24. The summed E-state index contributed by atoms with van der Waals surface area (Å²) in [6.45, 7) is 5.41. The summed E-state index contributed by atoms with van der Waals surface area (Å²) < 4.78 is 1.55. The van der Waals surface area contributed by atoms with Crippen molar-refractivity contribution in [1.29, 1.82) is 0 Å². The van der Waals surface area contributed by atoms with Crippen LogP contribution in [0.15, 0.2) is 36.2 Å². The molecule has 0 spiro atoms. The van der Waals surface area contributed by atoms with Crippen LogP contribution in [0.2, 0.25) is 0 Å². The van der Waals surface area contributed by atoms with E-state index in [0.29, 0.717) is 5.82 Å². The van der Waals surface area contributed by atoms with Crippen LogP contribution in [0.3, 0.4) is 0 Å². The van der Waals surface area contributed by atoms with E-state index in [2.05, 4.69) is 17.0 Å². The third-order valence-corrected chi connectivity index (χ3v) is 1.73. The third kappa shape index (κ3) is 2.98. The highest BCUT2D eigenvalue weighted by Gasteiger charge is 2.07. The topological polar surface area (TPSA) is 72.9 Å². The van der Waals surface area contributed by atoms with Crippen molar-refractivity contribution in [3.05, 3.63) is 36.2 Å². The smallest absolute Gasteiger partial charge is 0.272 e. The Morgan fingerprint density at radius 2 is 2.40 bits per heavy atom. The molecule has 0 unspecified atom stereocenters. The van der Waals surface area contributed by atoms with Gasteiger partial charge in [0, 0.05) is 13.1 Å². The number of hydrogen-bond donors (Lipinski definition) is 2. The van der Waals surface area contributed by atoms with Gasteiger partial charge in [-0.3, -0.25) is 9.48 Å². The molecule has 3 N–H and O–H groups in total. The van der Waals surface area contributed by atoms with E-state index in [1.807, 2.05) is 0 Å². The van der Waals surface area contributed by atoms with Gasteiger partial charge in [-0.05, 0) is 13.0 Å². The molecule has 1 aromatic heterocycles. The summed E-state index contributed by atoms with van der Waals surface area (Å²) in [5.41, 5.74) is 6.40. The van der Waals surface area contributed by atoms with Crippen LogP contribution in [0.1, 0.15) is 6.92 Å². The van der Waals surface area contributed by atoms with Gasteiger partial charge in [0.15, 0.2) is 0 Å². The summed E-state index contributed by atoms with van der Waals surface area (Å²) in [7, 11) is 1.73. The van der Waals surface area contributed by atoms with Crippen molar-refractivity contribution in [2.45, 2.75) is 6.92 Å². The Hall–Kier alpha value is -2.04. The lowest BCUT2D eigenvalue weighted by molar-refractivity contribution is -0.112. The summed E-state index contributed by atoms with van der Waals surface area (Å²) >= 11 is 0. The molecule has 1 amide bonds. The standard InChI is InChI=1S/C10H14N4O/c1-7(2)6-8(11)10(15)13-9-4-5-12-14(9)3/h4-6H,1,11H2,2-3H3,(H,13,15)/b8-6+. The molecule has 5 heteroatoms. The van der Waals surface area contributed by atoms with E-state index in [-0.39, 0.29) is 11.6 Å². The zero-order valence-electron chi connectivity index (χ0n) is 8.82. The monoisotopic (exact) mass is 206 g/mol. The number of hydrogen-bond acceptors (Lipinski definition) is 3.